The summed E-state index contributed by atoms with van der Waals surface area (Å²) in [5, 5.41) is 0. The van der Waals surface area contributed by atoms with E-state index in [1.165, 1.54) is 0 Å². The summed E-state index contributed by atoms with van der Waals surface area (Å²) in [6.07, 6.45) is -9.55. The molecule has 0 saturated heterocycles. The molecule has 0 saturated carbocycles. The number of halogens is 8. The van der Waals surface area contributed by atoms with Gasteiger partial charge in [0.05, 0.1) is 0 Å². The van der Waals surface area contributed by atoms with E-state index in [4.69, 9.17) is 18.9 Å². The van der Waals surface area contributed by atoms with Crippen molar-refractivity contribution in [3.05, 3.63) is 108 Å². The Kier molecular flexibility index (Phi) is 11.6. The molecule has 0 spiro atoms. The minimum absolute atomic E-state index is 0.137. The maximum Gasteiger partial charge on any atom is 0.420 e. The monoisotopic (exact) mass is 662 g/mol. The molecule has 0 aliphatic rings. The number of hydrogen-bond acceptors (Lipinski definition) is 8. The summed E-state index contributed by atoms with van der Waals surface area (Å²) in [6.45, 7) is 3.27. The van der Waals surface area contributed by atoms with Crippen molar-refractivity contribution in [2.75, 3.05) is 13.6 Å². The van der Waals surface area contributed by atoms with Gasteiger partial charge < -0.3 is 28.4 Å². The maximum absolute atomic E-state index is 14.5. The Labute approximate surface area is 255 Å². The third-order valence-corrected chi connectivity index (χ3v) is 5.70. The molecule has 0 radical (unpaired) electrons. The van der Waals surface area contributed by atoms with E-state index in [2.05, 4.69) is 22.6 Å². The van der Waals surface area contributed by atoms with Crippen molar-refractivity contribution >= 4 is 11.9 Å². The van der Waals surface area contributed by atoms with Gasteiger partial charge in [0.15, 0.2) is 0 Å². The Hall–Kier alpha value is -5.28. The minimum Gasteiger partial charge on any atom is -0.488 e. The first-order chi connectivity index (χ1) is 21.6. The van der Waals surface area contributed by atoms with Crippen LogP contribution in [0.25, 0.3) is 0 Å². The number of esters is 2. The predicted octanol–water partition coefficient (Wildman–Crippen LogP) is 7.29. The number of hydrogen-bond donors (Lipinski definition) is 0. The molecule has 46 heavy (non-hydrogen) atoms. The molecular formula is C30H22F8O8. The third-order valence-electron chi connectivity index (χ3n) is 5.70. The molecule has 0 atom stereocenters. The van der Waals surface area contributed by atoms with Gasteiger partial charge in [-0.3, -0.25) is 0 Å². The molecule has 0 heterocycles. The highest BCUT2D eigenvalue weighted by atomic mass is 19.4. The molecule has 8 nitrogen and oxygen atoms in total. The van der Waals surface area contributed by atoms with Gasteiger partial charge in [0.2, 0.25) is 13.6 Å². The summed E-state index contributed by atoms with van der Waals surface area (Å²) < 4.78 is 142. The van der Waals surface area contributed by atoms with Gasteiger partial charge in [0.25, 0.3) is 0 Å². The molecule has 3 aromatic carbocycles. The number of benzene rings is 3. The molecule has 0 bridgehead atoms. The van der Waals surface area contributed by atoms with E-state index < -0.39 is 85.4 Å². The zero-order valence-corrected chi connectivity index (χ0v) is 23.3. The van der Waals surface area contributed by atoms with E-state index in [0.717, 1.165) is 48.6 Å². The lowest BCUT2D eigenvalue weighted by Gasteiger charge is -2.22. The molecular weight excluding hydrogens is 640 g/mol. The van der Waals surface area contributed by atoms with Gasteiger partial charge in [-0.25, -0.2) is 18.4 Å². The van der Waals surface area contributed by atoms with Gasteiger partial charge in [0, 0.05) is 35.4 Å². The Morgan fingerprint density at radius 2 is 0.978 bits per heavy atom. The molecule has 16 heteroatoms. The highest BCUT2D eigenvalue weighted by Crippen LogP contribution is 2.49. The van der Waals surface area contributed by atoms with Crippen LogP contribution in [0.5, 0.6) is 23.0 Å². The van der Waals surface area contributed by atoms with Crippen LogP contribution >= 0.6 is 0 Å². The fourth-order valence-electron chi connectivity index (χ4n) is 3.58. The number of ether oxygens (including phenoxy) is 6. The summed E-state index contributed by atoms with van der Waals surface area (Å²) in [5.74, 6) is -6.58. The number of alkyl halides is 6. The lowest BCUT2D eigenvalue weighted by molar-refractivity contribution is -0.164. The highest BCUT2D eigenvalue weighted by Gasteiger charge is 2.48. The standard InChI is InChI=1S/C30H22F8O8/c1-3-25(39)45-15-43-19-7-5-17(21(31)11-19)13-41-23-9-10-24(28(30(36,37)38)27(23)29(33,34)35)42-14-18-6-8-20(12-22(18)32)44-16-46-26(40)4-2/h3-12H,1-2,13-16H2. The molecule has 0 aliphatic heterocycles. The van der Waals surface area contributed by atoms with Crippen LogP contribution in [0, 0.1) is 11.6 Å². The molecule has 0 aliphatic carbocycles. The van der Waals surface area contributed by atoms with Gasteiger partial charge in [-0.05, 0) is 36.4 Å². The molecule has 0 amide bonds. The normalized spacial score (nSPS) is 11.3. The summed E-state index contributed by atoms with van der Waals surface area (Å²) in [7, 11) is 0. The first-order valence-corrected chi connectivity index (χ1v) is 12.6. The van der Waals surface area contributed by atoms with Crippen LogP contribution in [-0.2, 0) is 44.6 Å². The summed E-state index contributed by atoms with van der Waals surface area (Å²) in [4.78, 5) is 22.0. The van der Waals surface area contributed by atoms with Crippen LogP contribution in [0.4, 0.5) is 35.1 Å². The quantitative estimate of drug-likeness (QED) is 0.0770. The second-order valence-corrected chi connectivity index (χ2v) is 8.75. The predicted molar refractivity (Wildman–Crippen MR) is 141 cm³/mol. The van der Waals surface area contributed by atoms with Crippen molar-refractivity contribution in [1.29, 1.82) is 0 Å². The lowest BCUT2D eigenvalue weighted by Crippen LogP contribution is -2.20. The van der Waals surface area contributed by atoms with Gasteiger partial charge in [-0.15, -0.1) is 0 Å². The molecule has 0 N–H and O–H groups in total. The second-order valence-electron chi connectivity index (χ2n) is 8.75. The van der Waals surface area contributed by atoms with E-state index in [1.807, 2.05) is 0 Å². The van der Waals surface area contributed by atoms with E-state index in [-0.39, 0.29) is 22.6 Å². The number of carbonyl (C=O) groups is 2. The van der Waals surface area contributed by atoms with Gasteiger partial charge >= 0.3 is 24.3 Å². The van der Waals surface area contributed by atoms with Crippen molar-refractivity contribution in [3.63, 3.8) is 0 Å². The summed E-state index contributed by atoms with van der Waals surface area (Å²) in [5.41, 5.74) is -5.20. The van der Waals surface area contributed by atoms with Gasteiger partial charge in [0.1, 0.15) is 59.0 Å². The number of rotatable bonds is 14. The lowest BCUT2D eigenvalue weighted by atomic mass is 10.0. The Morgan fingerprint density at radius 1 is 0.609 bits per heavy atom. The van der Waals surface area contributed by atoms with Crippen molar-refractivity contribution in [3.8, 4) is 23.0 Å². The molecule has 0 unspecified atom stereocenters. The molecule has 246 valence electrons. The van der Waals surface area contributed by atoms with Crippen LogP contribution < -0.4 is 18.9 Å². The van der Waals surface area contributed by atoms with Crippen molar-refractivity contribution in [2.24, 2.45) is 0 Å². The SMILES string of the molecule is C=CC(=O)OCOc1ccc(COc2ccc(OCc3ccc(OCOC(=O)C=C)cc3F)c(C(F)(F)F)c2C(F)(F)F)c(F)c1. The Morgan fingerprint density at radius 3 is 1.28 bits per heavy atom. The van der Waals surface area contributed by atoms with Crippen molar-refractivity contribution in [2.45, 2.75) is 25.6 Å². The van der Waals surface area contributed by atoms with Crippen molar-refractivity contribution in [1.82, 2.24) is 0 Å². The zero-order chi connectivity index (χ0) is 34.1. The average Bonchev–Trinajstić information content (AvgIpc) is 2.98. The van der Waals surface area contributed by atoms with Gasteiger partial charge in [-0.1, -0.05) is 13.2 Å². The Bertz CT molecular complexity index is 1470. The first kappa shape index (κ1) is 35.2. The highest BCUT2D eigenvalue weighted by molar-refractivity contribution is 5.81. The molecule has 3 rings (SSSR count). The topological polar surface area (TPSA) is 89.5 Å². The number of carbonyl (C=O) groups excluding carboxylic acids is 2. The smallest absolute Gasteiger partial charge is 0.420 e. The van der Waals surface area contributed by atoms with E-state index in [9.17, 15) is 44.7 Å². The summed E-state index contributed by atoms with van der Waals surface area (Å²) in [6, 6.07) is 7.06. The molecule has 0 fully saturated rings. The van der Waals surface area contributed by atoms with Crippen LogP contribution in [0.3, 0.4) is 0 Å². The van der Waals surface area contributed by atoms with E-state index in [0.29, 0.717) is 12.1 Å². The van der Waals surface area contributed by atoms with Crippen LogP contribution in [0.15, 0.2) is 73.8 Å². The summed E-state index contributed by atoms with van der Waals surface area (Å²) >= 11 is 0. The third kappa shape index (κ3) is 9.61. The molecule has 3 aromatic rings. The minimum atomic E-state index is -5.63. The second kappa shape index (κ2) is 15.1. The fourth-order valence-corrected chi connectivity index (χ4v) is 3.58. The Balaban J connectivity index is 1.81. The average molecular weight is 662 g/mol. The largest absolute Gasteiger partial charge is 0.488 e. The fraction of sp³-hybridized carbons (Fsp3) is 0.200. The van der Waals surface area contributed by atoms with Crippen molar-refractivity contribution < 1.29 is 73.1 Å². The van der Waals surface area contributed by atoms with Crippen LogP contribution in [0.2, 0.25) is 0 Å². The first-order valence-electron chi connectivity index (χ1n) is 12.6. The van der Waals surface area contributed by atoms with Crippen LogP contribution in [0.1, 0.15) is 22.3 Å². The van der Waals surface area contributed by atoms with Crippen LogP contribution in [-0.4, -0.2) is 25.5 Å². The molecule has 0 aromatic heterocycles. The maximum atomic E-state index is 14.5. The van der Waals surface area contributed by atoms with Gasteiger partial charge in [-0.2, -0.15) is 26.3 Å². The van der Waals surface area contributed by atoms with E-state index >= 15 is 0 Å². The zero-order valence-electron chi connectivity index (χ0n) is 23.3. The van der Waals surface area contributed by atoms with E-state index in [1.54, 1.807) is 0 Å².